The van der Waals surface area contributed by atoms with Crippen LogP contribution in [-0.4, -0.2) is 23.7 Å². The van der Waals surface area contributed by atoms with Crippen LogP contribution >= 0.6 is 0 Å². The maximum Gasteiger partial charge on any atom is 0.320 e. The Balaban J connectivity index is 2.35. The molecule has 1 atom stereocenters. The number of hydrogen-bond acceptors (Lipinski definition) is 2. The lowest BCUT2D eigenvalue weighted by atomic mass is 10.5. The number of aliphatic carboxylic acids is 1. The zero-order valence-corrected chi connectivity index (χ0v) is 4.55. The molecule has 8 heavy (non-hydrogen) atoms. The molecule has 0 amide bonds. The van der Waals surface area contributed by atoms with Gasteiger partial charge in [-0.3, -0.25) is 4.79 Å². The Morgan fingerprint density at radius 2 is 2.50 bits per heavy atom. The van der Waals surface area contributed by atoms with E-state index in [1.54, 1.807) is 0 Å². The molecule has 3 nitrogen and oxygen atoms in total. The summed E-state index contributed by atoms with van der Waals surface area (Å²) in [7, 11) is 0. The van der Waals surface area contributed by atoms with Gasteiger partial charge in [0, 0.05) is 0 Å². The fraction of sp³-hybridized carbons (Fsp3) is 0.800. The third-order valence-corrected chi connectivity index (χ3v) is 1.36. The highest BCUT2D eigenvalue weighted by molar-refractivity contribution is 5.73. The number of carboxylic acids is 1. The van der Waals surface area contributed by atoms with Crippen molar-refractivity contribution in [3.63, 3.8) is 0 Å². The summed E-state index contributed by atoms with van der Waals surface area (Å²) in [5.74, 6) is -0.720. The molecule has 0 aromatic carbocycles. The predicted molar refractivity (Wildman–Crippen MR) is 28.7 cm³/mol. The van der Waals surface area contributed by atoms with Crippen LogP contribution in [0.15, 0.2) is 0 Å². The van der Waals surface area contributed by atoms with Crippen molar-refractivity contribution in [2.24, 2.45) is 0 Å². The standard InChI is InChI=1S/C5H9NO2/c7-5(8)4-2-1-3-6-4/h4,6H,1-3H2,(H,7,8)/t4-/m0/s1/i4+2. The lowest BCUT2D eigenvalue weighted by molar-refractivity contribution is -0.139. The van der Waals surface area contributed by atoms with Crippen molar-refractivity contribution in [3.8, 4) is 0 Å². The Hall–Kier alpha value is -0.570. The summed E-state index contributed by atoms with van der Waals surface area (Å²) in [5, 5.41) is 11.2. The largest absolute Gasteiger partial charge is 0.480 e. The molecule has 0 aliphatic carbocycles. The second-order valence-electron chi connectivity index (χ2n) is 1.99. The van der Waals surface area contributed by atoms with E-state index in [0.717, 1.165) is 19.4 Å². The van der Waals surface area contributed by atoms with Gasteiger partial charge in [0.2, 0.25) is 0 Å². The number of carboxylic acid groups (broad SMARTS) is 1. The minimum atomic E-state index is -0.720. The molecule has 0 spiro atoms. The minimum Gasteiger partial charge on any atom is -0.480 e. The molecule has 1 aliphatic heterocycles. The van der Waals surface area contributed by atoms with E-state index < -0.39 is 5.97 Å². The van der Waals surface area contributed by atoms with E-state index in [1.165, 1.54) is 0 Å². The number of rotatable bonds is 1. The lowest BCUT2D eigenvalue weighted by Gasteiger charge is -1.99. The van der Waals surface area contributed by atoms with Crippen molar-refractivity contribution in [2.75, 3.05) is 6.54 Å². The normalized spacial score (nSPS) is 28.2. The second kappa shape index (κ2) is 2.13. The zero-order chi connectivity index (χ0) is 5.98. The SMILES string of the molecule is O=C(O)[14C@@H]1CCCN1. The van der Waals surface area contributed by atoms with Crippen LogP contribution in [0, 0.1) is 0 Å². The van der Waals surface area contributed by atoms with Crippen LogP contribution in [0.4, 0.5) is 0 Å². The highest BCUT2D eigenvalue weighted by Crippen LogP contribution is 2.03. The minimum absolute atomic E-state index is 0.269. The summed E-state index contributed by atoms with van der Waals surface area (Å²) < 4.78 is 0. The Morgan fingerprint density at radius 3 is 2.75 bits per heavy atom. The molecule has 0 radical (unpaired) electrons. The van der Waals surface area contributed by atoms with Crippen molar-refractivity contribution in [1.82, 2.24) is 5.32 Å². The molecule has 0 saturated carbocycles. The van der Waals surface area contributed by atoms with Crippen molar-refractivity contribution in [1.29, 1.82) is 0 Å². The van der Waals surface area contributed by atoms with E-state index in [4.69, 9.17) is 5.11 Å². The Morgan fingerprint density at radius 1 is 1.75 bits per heavy atom. The van der Waals surface area contributed by atoms with E-state index in [1.807, 2.05) is 0 Å². The summed E-state index contributed by atoms with van der Waals surface area (Å²) in [6.07, 6.45) is 1.78. The van der Waals surface area contributed by atoms with Crippen LogP contribution in [0.25, 0.3) is 0 Å². The first-order valence-corrected chi connectivity index (χ1v) is 2.77. The molecule has 46 valence electrons. The molecular formula is C5H9NO2. The molecule has 1 fully saturated rings. The summed E-state index contributed by atoms with van der Waals surface area (Å²) in [4.78, 5) is 10.1. The third-order valence-electron chi connectivity index (χ3n) is 1.36. The van der Waals surface area contributed by atoms with E-state index in [-0.39, 0.29) is 6.04 Å². The maximum atomic E-state index is 10.1. The number of hydrogen-bond donors (Lipinski definition) is 2. The van der Waals surface area contributed by atoms with Gasteiger partial charge >= 0.3 is 5.97 Å². The average Bonchev–Trinajstić information content (AvgIpc) is 2.12. The van der Waals surface area contributed by atoms with Crippen molar-refractivity contribution in [2.45, 2.75) is 18.9 Å². The van der Waals surface area contributed by atoms with Gasteiger partial charge in [0.1, 0.15) is 6.04 Å². The number of carbonyl (C=O) groups is 1. The highest BCUT2D eigenvalue weighted by Gasteiger charge is 2.20. The first kappa shape index (κ1) is 5.56. The van der Waals surface area contributed by atoms with Crippen LogP contribution in [-0.2, 0) is 4.79 Å². The molecular weight excluding hydrogens is 108 g/mol. The van der Waals surface area contributed by atoms with E-state index in [2.05, 4.69) is 5.32 Å². The van der Waals surface area contributed by atoms with Gasteiger partial charge in [-0.25, -0.2) is 0 Å². The van der Waals surface area contributed by atoms with Gasteiger partial charge in [0.25, 0.3) is 0 Å². The smallest absolute Gasteiger partial charge is 0.320 e. The van der Waals surface area contributed by atoms with Crippen LogP contribution in [0.2, 0.25) is 0 Å². The monoisotopic (exact) mass is 117 g/mol. The van der Waals surface area contributed by atoms with E-state index in [9.17, 15) is 4.79 Å². The fourth-order valence-corrected chi connectivity index (χ4v) is 0.895. The molecule has 1 saturated heterocycles. The zero-order valence-electron chi connectivity index (χ0n) is 4.55. The molecule has 0 unspecified atom stereocenters. The molecule has 0 bridgehead atoms. The molecule has 0 aromatic heterocycles. The first-order chi connectivity index (χ1) is 3.80. The van der Waals surface area contributed by atoms with Crippen LogP contribution in [0.3, 0.4) is 0 Å². The molecule has 2 N–H and O–H groups in total. The second-order valence-corrected chi connectivity index (χ2v) is 1.99. The van der Waals surface area contributed by atoms with Gasteiger partial charge in [0.15, 0.2) is 0 Å². The van der Waals surface area contributed by atoms with Gasteiger partial charge in [-0.1, -0.05) is 0 Å². The average molecular weight is 117 g/mol. The number of nitrogens with one attached hydrogen (secondary N) is 1. The highest BCUT2D eigenvalue weighted by atomic mass is 16.4. The lowest BCUT2D eigenvalue weighted by Crippen LogP contribution is -2.29. The van der Waals surface area contributed by atoms with Gasteiger partial charge in [-0.15, -0.1) is 0 Å². The summed E-state index contributed by atoms with van der Waals surface area (Å²) >= 11 is 0. The quantitative estimate of drug-likeness (QED) is 0.501. The molecule has 1 aliphatic rings. The van der Waals surface area contributed by atoms with E-state index in [0.29, 0.717) is 0 Å². The first-order valence-electron chi connectivity index (χ1n) is 2.77. The summed E-state index contributed by atoms with van der Waals surface area (Å²) in [6.45, 7) is 0.858. The Bertz CT molecular complexity index is 96.6. The third kappa shape index (κ3) is 0.980. The fourth-order valence-electron chi connectivity index (χ4n) is 0.895. The Kier molecular flexibility index (Phi) is 1.48. The van der Waals surface area contributed by atoms with Crippen LogP contribution in [0.5, 0.6) is 0 Å². The molecule has 3 heteroatoms. The van der Waals surface area contributed by atoms with E-state index >= 15 is 0 Å². The van der Waals surface area contributed by atoms with Crippen molar-refractivity contribution >= 4 is 5.97 Å². The predicted octanol–water partition coefficient (Wildman–Crippen LogP) is -0.177. The topological polar surface area (TPSA) is 49.3 Å². The van der Waals surface area contributed by atoms with Gasteiger partial charge < -0.3 is 10.4 Å². The van der Waals surface area contributed by atoms with Crippen molar-refractivity contribution in [3.05, 3.63) is 0 Å². The molecule has 1 heterocycles. The molecule has 0 aromatic rings. The maximum absolute atomic E-state index is 10.1. The summed E-state index contributed by atoms with van der Waals surface area (Å²) in [6, 6.07) is -0.269. The van der Waals surface area contributed by atoms with Gasteiger partial charge in [-0.05, 0) is 19.4 Å². The molecule has 1 rings (SSSR count). The summed E-state index contributed by atoms with van der Waals surface area (Å²) in [5.41, 5.74) is 0. The van der Waals surface area contributed by atoms with Gasteiger partial charge in [0.05, 0.1) is 0 Å². The van der Waals surface area contributed by atoms with Gasteiger partial charge in [-0.2, -0.15) is 0 Å². The van der Waals surface area contributed by atoms with Crippen molar-refractivity contribution < 1.29 is 9.90 Å². The Labute approximate surface area is 47.7 Å². The van der Waals surface area contributed by atoms with Crippen LogP contribution < -0.4 is 5.32 Å². The van der Waals surface area contributed by atoms with Crippen LogP contribution in [0.1, 0.15) is 12.8 Å².